The van der Waals surface area contributed by atoms with Crippen LogP contribution in [0.25, 0.3) is 0 Å². The lowest BCUT2D eigenvalue weighted by molar-refractivity contribution is -0.137. The highest BCUT2D eigenvalue weighted by Gasteiger charge is 2.31. The van der Waals surface area contributed by atoms with Gasteiger partial charge in [0.15, 0.2) is 0 Å². The monoisotopic (exact) mass is 252 g/mol. The van der Waals surface area contributed by atoms with Crippen LogP contribution in [0.3, 0.4) is 0 Å². The zero-order chi connectivity index (χ0) is 13.9. The smallest absolute Gasteiger partial charge is 0.242 e. The van der Waals surface area contributed by atoms with Gasteiger partial charge in [0.25, 0.3) is 0 Å². The fourth-order valence-electron chi connectivity index (χ4n) is 1.75. The van der Waals surface area contributed by atoms with E-state index in [9.17, 15) is 9.18 Å². The lowest BCUT2D eigenvalue weighted by Gasteiger charge is -2.33. The molecule has 0 heterocycles. The van der Waals surface area contributed by atoms with Gasteiger partial charge in [-0.2, -0.15) is 0 Å². The second-order valence-electron chi connectivity index (χ2n) is 4.99. The second kappa shape index (κ2) is 5.48. The van der Waals surface area contributed by atoms with Gasteiger partial charge < -0.3 is 10.2 Å². The minimum Gasteiger partial charge on any atom is -0.337 e. The third-order valence-corrected chi connectivity index (χ3v) is 3.42. The van der Waals surface area contributed by atoms with E-state index < -0.39 is 5.54 Å². The Kier molecular flexibility index (Phi) is 4.46. The van der Waals surface area contributed by atoms with Crippen molar-refractivity contribution in [3.63, 3.8) is 0 Å². The molecule has 0 spiro atoms. The van der Waals surface area contributed by atoms with Crippen LogP contribution in [-0.4, -0.2) is 30.4 Å². The number of halogens is 1. The molecule has 0 aromatic heterocycles. The molecule has 4 heteroatoms. The number of benzene rings is 1. The highest BCUT2D eigenvalue weighted by molar-refractivity contribution is 5.85. The molecule has 1 amide bonds. The van der Waals surface area contributed by atoms with Crippen LogP contribution in [0.2, 0.25) is 0 Å². The van der Waals surface area contributed by atoms with Crippen molar-refractivity contribution in [3.8, 4) is 0 Å². The molecule has 0 aliphatic rings. The first-order valence-electron chi connectivity index (χ1n) is 6.02. The minimum absolute atomic E-state index is 0.0687. The Morgan fingerprint density at radius 1 is 1.39 bits per heavy atom. The molecule has 0 fully saturated rings. The predicted molar refractivity (Wildman–Crippen MR) is 70.7 cm³/mol. The SMILES string of the molecule is CNC(C)(C)C(=O)N(C)C(C)c1ccccc1F. The molecule has 0 radical (unpaired) electrons. The van der Waals surface area contributed by atoms with Crippen molar-refractivity contribution in [1.29, 1.82) is 0 Å². The van der Waals surface area contributed by atoms with Crippen molar-refractivity contribution in [2.24, 2.45) is 0 Å². The number of carbonyl (C=O) groups is 1. The maximum Gasteiger partial charge on any atom is 0.242 e. The molecule has 1 aromatic rings. The molecular formula is C14H21FN2O. The first kappa shape index (κ1) is 14.6. The van der Waals surface area contributed by atoms with Gasteiger partial charge in [-0.1, -0.05) is 18.2 Å². The number of amides is 1. The average molecular weight is 252 g/mol. The van der Waals surface area contributed by atoms with Gasteiger partial charge in [-0.15, -0.1) is 0 Å². The summed E-state index contributed by atoms with van der Waals surface area (Å²) < 4.78 is 13.7. The number of hydrogen-bond donors (Lipinski definition) is 1. The maximum atomic E-state index is 13.7. The van der Waals surface area contributed by atoms with Crippen molar-refractivity contribution in [1.82, 2.24) is 10.2 Å². The largest absolute Gasteiger partial charge is 0.337 e. The molecule has 0 aliphatic heterocycles. The van der Waals surface area contributed by atoms with Crippen LogP contribution in [0.15, 0.2) is 24.3 Å². The summed E-state index contributed by atoms with van der Waals surface area (Å²) in [6.07, 6.45) is 0. The van der Waals surface area contributed by atoms with Crippen molar-refractivity contribution < 1.29 is 9.18 Å². The van der Waals surface area contributed by atoms with E-state index in [1.54, 1.807) is 51.0 Å². The molecule has 100 valence electrons. The van der Waals surface area contributed by atoms with E-state index in [-0.39, 0.29) is 17.8 Å². The molecule has 0 saturated carbocycles. The molecule has 0 bridgehead atoms. The van der Waals surface area contributed by atoms with Gasteiger partial charge in [0.05, 0.1) is 11.6 Å². The molecule has 3 nitrogen and oxygen atoms in total. The summed E-state index contributed by atoms with van der Waals surface area (Å²) in [6.45, 7) is 5.43. The lowest BCUT2D eigenvalue weighted by atomic mass is 10.0. The summed E-state index contributed by atoms with van der Waals surface area (Å²) in [5.41, 5.74) is -0.130. The Labute approximate surface area is 108 Å². The summed E-state index contributed by atoms with van der Waals surface area (Å²) in [5.74, 6) is -0.354. The Bertz CT molecular complexity index is 432. The van der Waals surface area contributed by atoms with Crippen molar-refractivity contribution >= 4 is 5.91 Å². The van der Waals surface area contributed by atoms with E-state index in [1.165, 1.54) is 6.07 Å². The van der Waals surface area contributed by atoms with E-state index in [0.29, 0.717) is 5.56 Å². The normalized spacial score (nSPS) is 13.2. The summed E-state index contributed by atoms with van der Waals surface area (Å²) in [5, 5.41) is 2.96. The highest BCUT2D eigenvalue weighted by Crippen LogP contribution is 2.23. The van der Waals surface area contributed by atoms with E-state index in [4.69, 9.17) is 0 Å². The van der Waals surface area contributed by atoms with E-state index in [1.807, 2.05) is 6.92 Å². The van der Waals surface area contributed by atoms with Gasteiger partial charge in [-0.05, 0) is 33.9 Å². The zero-order valence-corrected chi connectivity index (χ0v) is 11.6. The van der Waals surface area contributed by atoms with Gasteiger partial charge in [0, 0.05) is 12.6 Å². The molecule has 1 unspecified atom stereocenters. The summed E-state index contributed by atoms with van der Waals surface area (Å²) in [6, 6.07) is 6.23. The topological polar surface area (TPSA) is 32.3 Å². The standard InChI is InChI=1S/C14H21FN2O/c1-10(11-8-6-7-9-12(11)15)17(5)13(18)14(2,3)16-4/h6-10,16H,1-5H3. The number of nitrogens with one attached hydrogen (secondary N) is 1. The molecule has 1 rings (SSSR count). The maximum absolute atomic E-state index is 13.7. The van der Waals surface area contributed by atoms with Crippen molar-refractivity contribution in [3.05, 3.63) is 35.6 Å². The van der Waals surface area contributed by atoms with Gasteiger partial charge in [-0.25, -0.2) is 4.39 Å². The summed E-state index contributed by atoms with van der Waals surface area (Å²) in [4.78, 5) is 13.8. The van der Waals surface area contributed by atoms with Crippen LogP contribution in [-0.2, 0) is 4.79 Å². The summed E-state index contributed by atoms with van der Waals surface area (Å²) >= 11 is 0. The van der Waals surface area contributed by atoms with E-state index in [0.717, 1.165) is 0 Å². The Balaban J connectivity index is 2.95. The average Bonchev–Trinajstić information content (AvgIpc) is 2.36. The fraction of sp³-hybridized carbons (Fsp3) is 0.500. The van der Waals surface area contributed by atoms with Crippen LogP contribution in [0, 0.1) is 5.82 Å². The molecular weight excluding hydrogens is 231 g/mol. The molecule has 1 N–H and O–H groups in total. The van der Waals surface area contributed by atoms with Gasteiger partial charge in [0.2, 0.25) is 5.91 Å². The van der Waals surface area contributed by atoms with Crippen LogP contribution in [0.5, 0.6) is 0 Å². The number of likely N-dealkylation sites (N-methyl/N-ethyl adjacent to an activating group) is 2. The van der Waals surface area contributed by atoms with Crippen molar-refractivity contribution in [2.45, 2.75) is 32.4 Å². The number of carbonyl (C=O) groups excluding carboxylic acids is 1. The molecule has 18 heavy (non-hydrogen) atoms. The predicted octanol–water partition coefficient (Wildman–Crippen LogP) is 2.34. The minimum atomic E-state index is -0.658. The quantitative estimate of drug-likeness (QED) is 0.892. The van der Waals surface area contributed by atoms with Crippen LogP contribution >= 0.6 is 0 Å². The fourth-order valence-corrected chi connectivity index (χ4v) is 1.75. The number of rotatable bonds is 4. The Morgan fingerprint density at radius 2 is 1.94 bits per heavy atom. The van der Waals surface area contributed by atoms with Gasteiger partial charge >= 0.3 is 0 Å². The second-order valence-corrected chi connectivity index (χ2v) is 4.99. The van der Waals surface area contributed by atoms with Crippen LogP contribution < -0.4 is 5.32 Å². The molecule has 1 atom stereocenters. The first-order chi connectivity index (χ1) is 8.31. The molecule has 1 aromatic carbocycles. The number of nitrogens with zero attached hydrogens (tertiary/aromatic N) is 1. The van der Waals surface area contributed by atoms with E-state index >= 15 is 0 Å². The van der Waals surface area contributed by atoms with Gasteiger partial charge in [0.1, 0.15) is 5.82 Å². The number of hydrogen-bond acceptors (Lipinski definition) is 2. The zero-order valence-electron chi connectivity index (χ0n) is 11.6. The Morgan fingerprint density at radius 3 is 2.44 bits per heavy atom. The Hall–Kier alpha value is -1.42. The van der Waals surface area contributed by atoms with Crippen LogP contribution in [0.1, 0.15) is 32.4 Å². The molecule has 0 saturated heterocycles. The van der Waals surface area contributed by atoms with Crippen LogP contribution in [0.4, 0.5) is 4.39 Å². The van der Waals surface area contributed by atoms with Gasteiger partial charge in [-0.3, -0.25) is 4.79 Å². The lowest BCUT2D eigenvalue weighted by Crippen LogP contribution is -2.52. The highest BCUT2D eigenvalue weighted by atomic mass is 19.1. The van der Waals surface area contributed by atoms with Crippen molar-refractivity contribution in [2.75, 3.05) is 14.1 Å². The first-order valence-corrected chi connectivity index (χ1v) is 6.02. The molecule has 0 aliphatic carbocycles. The third-order valence-electron chi connectivity index (χ3n) is 3.42. The third kappa shape index (κ3) is 2.88. The van der Waals surface area contributed by atoms with E-state index in [2.05, 4.69) is 5.32 Å². The summed E-state index contributed by atoms with van der Waals surface area (Å²) in [7, 11) is 3.43.